The molecule has 0 radical (unpaired) electrons. The number of hydrogen-bond acceptors (Lipinski definition) is 6. The van der Waals surface area contributed by atoms with Gasteiger partial charge in [0, 0.05) is 6.07 Å². The molecule has 2 aromatic carbocycles. The van der Waals surface area contributed by atoms with E-state index < -0.39 is 6.16 Å². The van der Waals surface area contributed by atoms with Crippen molar-refractivity contribution < 1.29 is 23.7 Å². The maximum Gasteiger partial charge on any atom is 0.513 e. The van der Waals surface area contributed by atoms with Gasteiger partial charge in [-0.1, -0.05) is 12.1 Å². The maximum atomic E-state index is 11.2. The summed E-state index contributed by atoms with van der Waals surface area (Å²) in [4.78, 5) is 18.8. The monoisotopic (exact) mass is 354 g/mol. The molecule has 0 aliphatic heterocycles. The molecule has 134 valence electrons. The van der Waals surface area contributed by atoms with Crippen LogP contribution >= 0.6 is 0 Å². The molecule has 1 heterocycles. The van der Waals surface area contributed by atoms with E-state index in [0.717, 1.165) is 16.6 Å². The summed E-state index contributed by atoms with van der Waals surface area (Å²) in [7, 11) is 4.45. The van der Waals surface area contributed by atoms with Crippen molar-refractivity contribution in [3.63, 3.8) is 0 Å². The van der Waals surface area contributed by atoms with Crippen LogP contribution in [0.15, 0.2) is 36.4 Å². The van der Waals surface area contributed by atoms with Gasteiger partial charge in [-0.3, -0.25) is 0 Å². The number of benzene rings is 2. The topological polar surface area (TPSA) is 82.7 Å². The summed E-state index contributed by atoms with van der Waals surface area (Å²) >= 11 is 0. The molecule has 3 rings (SSSR count). The van der Waals surface area contributed by atoms with Crippen LogP contribution in [0.4, 0.5) is 4.79 Å². The molecule has 7 nitrogen and oxygen atoms in total. The number of nitrogens with zero attached hydrogens (tertiary/aromatic N) is 1. The minimum absolute atomic E-state index is 0.378. The number of aromatic amines is 1. The van der Waals surface area contributed by atoms with Gasteiger partial charge in [-0.25, -0.2) is 9.78 Å². The number of carbonyl (C=O) groups excluding carboxylic acids is 1. The molecule has 0 aliphatic carbocycles. The summed E-state index contributed by atoms with van der Waals surface area (Å²) in [5.74, 6) is 2.38. The number of rotatable bonds is 5. The number of nitrogens with one attached hydrogen (secondary N) is 1. The predicted molar refractivity (Wildman–Crippen MR) is 97.6 cm³/mol. The fourth-order valence-electron chi connectivity index (χ4n) is 2.42. The Hall–Kier alpha value is -3.48. The van der Waals surface area contributed by atoms with Crippen molar-refractivity contribution in [2.45, 2.75) is 0 Å². The first kappa shape index (κ1) is 17.3. The number of H-pyrrole nitrogens is 1. The van der Waals surface area contributed by atoms with Gasteiger partial charge in [0.2, 0.25) is 0 Å². The van der Waals surface area contributed by atoms with Crippen molar-refractivity contribution in [3.8, 4) is 17.2 Å². The summed E-state index contributed by atoms with van der Waals surface area (Å²) in [5, 5.41) is 0. The van der Waals surface area contributed by atoms with E-state index in [1.54, 1.807) is 32.4 Å². The quantitative estimate of drug-likeness (QED) is 0.553. The molecule has 0 fully saturated rings. The van der Waals surface area contributed by atoms with Crippen LogP contribution in [0.2, 0.25) is 0 Å². The van der Waals surface area contributed by atoms with Gasteiger partial charge >= 0.3 is 6.16 Å². The van der Waals surface area contributed by atoms with Crippen LogP contribution in [-0.4, -0.2) is 37.5 Å². The Morgan fingerprint density at radius 3 is 2.54 bits per heavy atom. The molecule has 3 aromatic rings. The number of ether oxygens (including phenoxy) is 4. The molecular weight excluding hydrogens is 336 g/mol. The second-order valence-corrected chi connectivity index (χ2v) is 5.30. The zero-order valence-electron chi connectivity index (χ0n) is 14.6. The molecule has 0 amide bonds. The van der Waals surface area contributed by atoms with Gasteiger partial charge in [0.05, 0.1) is 32.4 Å². The molecule has 7 heteroatoms. The van der Waals surface area contributed by atoms with Crippen molar-refractivity contribution in [2.24, 2.45) is 0 Å². The minimum atomic E-state index is -0.766. The highest BCUT2D eigenvalue weighted by molar-refractivity contribution is 5.81. The van der Waals surface area contributed by atoms with Crippen LogP contribution < -0.4 is 14.2 Å². The number of imidazole rings is 1. The number of methoxy groups -OCH3 is 3. The van der Waals surface area contributed by atoms with E-state index in [1.165, 1.54) is 7.11 Å². The lowest BCUT2D eigenvalue weighted by atomic mass is 10.2. The van der Waals surface area contributed by atoms with Crippen LogP contribution in [-0.2, 0) is 4.74 Å². The Balaban J connectivity index is 1.82. The van der Waals surface area contributed by atoms with Crippen LogP contribution in [0.3, 0.4) is 0 Å². The highest BCUT2D eigenvalue weighted by atomic mass is 16.7. The van der Waals surface area contributed by atoms with Gasteiger partial charge in [0.25, 0.3) is 0 Å². The van der Waals surface area contributed by atoms with Gasteiger partial charge in [-0.15, -0.1) is 0 Å². The highest BCUT2D eigenvalue weighted by Crippen LogP contribution is 2.28. The zero-order chi connectivity index (χ0) is 18.5. The lowest BCUT2D eigenvalue weighted by Gasteiger charge is -2.07. The predicted octanol–water partition coefficient (Wildman–Crippen LogP) is 3.90. The molecular formula is C19H18N2O5. The third-order valence-corrected chi connectivity index (χ3v) is 3.68. The Morgan fingerprint density at radius 1 is 1.00 bits per heavy atom. The van der Waals surface area contributed by atoms with Gasteiger partial charge in [0.1, 0.15) is 11.6 Å². The second kappa shape index (κ2) is 7.60. The first-order chi connectivity index (χ1) is 12.6. The molecule has 0 unspecified atom stereocenters. The van der Waals surface area contributed by atoms with Crippen molar-refractivity contribution in [1.82, 2.24) is 9.97 Å². The Labute approximate surface area is 150 Å². The standard InChI is InChI=1S/C19H18N2O5/c1-23-16-8-4-12(10-17(16)24-2)5-9-18-20-14-7-6-13(11-15(14)21-18)26-19(22)25-3/h4-11H,1-3H3,(H,20,21)/b9-5+. The Kier molecular flexibility index (Phi) is 5.07. The maximum absolute atomic E-state index is 11.2. The normalized spacial score (nSPS) is 10.9. The summed E-state index contributed by atoms with van der Waals surface area (Å²) < 4.78 is 20.0. The van der Waals surface area contributed by atoms with Gasteiger partial charge in [0.15, 0.2) is 11.5 Å². The van der Waals surface area contributed by atoms with Gasteiger partial charge < -0.3 is 23.9 Å². The molecule has 0 atom stereocenters. The average Bonchev–Trinajstić information content (AvgIpc) is 3.08. The molecule has 1 N–H and O–H groups in total. The largest absolute Gasteiger partial charge is 0.513 e. The number of carbonyl (C=O) groups is 1. The van der Waals surface area contributed by atoms with E-state index in [4.69, 9.17) is 14.2 Å². The van der Waals surface area contributed by atoms with Crippen molar-refractivity contribution in [3.05, 3.63) is 47.8 Å². The Morgan fingerprint density at radius 2 is 1.81 bits per heavy atom. The van der Waals surface area contributed by atoms with Crippen LogP contribution in [0.25, 0.3) is 23.2 Å². The third-order valence-electron chi connectivity index (χ3n) is 3.68. The van der Waals surface area contributed by atoms with Crippen molar-refractivity contribution in [2.75, 3.05) is 21.3 Å². The average molecular weight is 354 g/mol. The summed E-state index contributed by atoms with van der Waals surface area (Å²) in [6.45, 7) is 0. The van der Waals surface area contributed by atoms with E-state index in [0.29, 0.717) is 23.1 Å². The molecule has 26 heavy (non-hydrogen) atoms. The second-order valence-electron chi connectivity index (χ2n) is 5.30. The van der Waals surface area contributed by atoms with Crippen LogP contribution in [0, 0.1) is 0 Å². The highest BCUT2D eigenvalue weighted by Gasteiger charge is 2.07. The molecule has 0 spiro atoms. The molecule has 0 aliphatic rings. The SMILES string of the molecule is COC(=O)Oc1ccc2nc(/C=C/c3ccc(OC)c(OC)c3)[nH]c2c1. The Bertz CT molecular complexity index is 962. The fourth-order valence-corrected chi connectivity index (χ4v) is 2.42. The lowest BCUT2D eigenvalue weighted by molar-refractivity contribution is 0.121. The fraction of sp³-hybridized carbons (Fsp3) is 0.158. The zero-order valence-corrected chi connectivity index (χ0v) is 14.6. The lowest BCUT2D eigenvalue weighted by Crippen LogP contribution is -2.06. The number of aromatic nitrogens is 2. The van der Waals surface area contributed by atoms with Gasteiger partial charge in [-0.05, 0) is 35.9 Å². The third kappa shape index (κ3) is 3.77. The van der Waals surface area contributed by atoms with E-state index in [-0.39, 0.29) is 0 Å². The summed E-state index contributed by atoms with van der Waals surface area (Å²) in [6.07, 6.45) is 2.99. The molecule has 0 saturated heterocycles. The van der Waals surface area contributed by atoms with Crippen molar-refractivity contribution >= 4 is 29.3 Å². The van der Waals surface area contributed by atoms with E-state index in [9.17, 15) is 4.79 Å². The smallest absolute Gasteiger partial charge is 0.493 e. The van der Waals surface area contributed by atoms with E-state index >= 15 is 0 Å². The summed E-state index contributed by atoms with van der Waals surface area (Å²) in [5.41, 5.74) is 2.45. The van der Waals surface area contributed by atoms with Crippen LogP contribution in [0.5, 0.6) is 17.2 Å². The first-order valence-electron chi connectivity index (χ1n) is 7.78. The molecule has 0 saturated carbocycles. The van der Waals surface area contributed by atoms with Crippen molar-refractivity contribution in [1.29, 1.82) is 0 Å². The van der Waals surface area contributed by atoms with Gasteiger partial charge in [-0.2, -0.15) is 0 Å². The first-order valence-corrected chi connectivity index (χ1v) is 7.78. The van der Waals surface area contributed by atoms with Crippen LogP contribution in [0.1, 0.15) is 11.4 Å². The number of hydrogen-bond donors (Lipinski definition) is 1. The molecule has 1 aromatic heterocycles. The number of fused-ring (bicyclic) bond motifs is 1. The minimum Gasteiger partial charge on any atom is -0.493 e. The summed E-state index contributed by atoms with van der Waals surface area (Å²) in [6, 6.07) is 10.7. The van der Waals surface area contributed by atoms with E-state index in [2.05, 4.69) is 14.7 Å². The molecule has 0 bridgehead atoms. The van der Waals surface area contributed by atoms with E-state index in [1.807, 2.05) is 30.4 Å².